The number of hydrogen-bond donors (Lipinski definition) is 1. The fourth-order valence-electron chi connectivity index (χ4n) is 1.89. The number of nitrogens with zero attached hydrogens (tertiary/aromatic N) is 2. The molecule has 5 nitrogen and oxygen atoms in total. The number of piperazine rings is 1. The Morgan fingerprint density at radius 1 is 1.61 bits per heavy atom. The molecule has 2 heterocycles. The normalized spacial score (nSPS) is 21.7. The summed E-state index contributed by atoms with van der Waals surface area (Å²) in [6.07, 6.45) is 0.823. The Morgan fingerprint density at radius 2 is 2.39 bits per heavy atom. The largest absolute Gasteiger partial charge is 0.313 e. The van der Waals surface area contributed by atoms with Crippen LogP contribution in [0.15, 0.2) is 16.3 Å². The summed E-state index contributed by atoms with van der Waals surface area (Å²) >= 11 is 1.29. The van der Waals surface area contributed by atoms with Crippen LogP contribution >= 0.6 is 11.3 Å². The molecule has 0 spiro atoms. The highest BCUT2D eigenvalue weighted by Gasteiger charge is 2.34. The Hall–Kier alpha value is -0.940. The molecule has 7 heteroatoms. The van der Waals surface area contributed by atoms with E-state index >= 15 is 0 Å². The van der Waals surface area contributed by atoms with Crippen LogP contribution < -0.4 is 5.32 Å². The molecule has 1 unspecified atom stereocenters. The van der Waals surface area contributed by atoms with Crippen LogP contribution in [0.2, 0.25) is 0 Å². The van der Waals surface area contributed by atoms with Gasteiger partial charge in [-0.2, -0.15) is 9.57 Å². The van der Waals surface area contributed by atoms with E-state index in [1.165, 1.54) is 15.6 Å². The van der Waals surface area contributed by atoms with Crippen LogP contribution in [-0.4, -0.2) is 38.4 Å². The van der Waals surface area contributed by atoms with Gasteiger partial charge < -0.3 is 5.32 Å². The second-order valence-corrected chi connectivity index (χ2v) is 7.32. The van der Waals surface area contributed by atoms with Crippen molar-refractivity contribution >= 4 is 21.4 Å². The van der Waals surface area contributed by atoms with E-state index in [2.05, 4.69) is 5.32 Å². The number of aryl methyl sites for hydroxylation is 1. The molecule has 1 aromatic rings. The predicted octanol–water partition coefficient (Wildman–Crippen LogP) is 0.797. The molecule has 0 aliphatic carbocycles. The van der Waals surface area contributed by atoms with Gasteiger partial charge in [0.15, 0.2) is 0 Å². The van der Waals surface area contributed by atoms with Crippen LogP contribution in [0, 0.1) is 11.3 Å². The van der Waals surface area contributed by atoms with Crippen molar-refractivity contribution in [3.8, 4) is 6.07 Å². The molecule has 1 fully saturated rings. The molecule has 0 amide bonds. The van der Waals surface area contributed by atoms with Gasteiger partial charge in [0.25, 0.3) is 10.0 Å². The van der Waals surface area contributed by atoms with Crippen molar-refractivity contribution in [3.63, 3.8) is 0 Å². The van der Waals surface area contributed by atoms with Gasteiger partial charge in [0.2, 0.25) is 0 Å². The van der Waals surface area contributed by atoms with Gasteiger partial charge in [-0.15, -0.1) is 11.3 Å². The first kappa shape index (κ1) is 13.5. The second kappa shape index (κ2) is 5.36. The Kier molecular flexibility index (Phi) is 4.02. The molecule has 1 atom stereocenters. The monoisotopic (exact) mass is 285 g/mol. The molecule has 0 radical (unpaired) electrons. The minimum absolute atomic E-state index is 0.335. The average Bonchev–Trinajstić information content (AvgIpc) is 2.88. The van der Waals surface area contributed by atoms with Gasteiger partial charge in [-0.25, -0.2) is 8.42 Å². The average molecular weight is 285 g/mol. The molecule has 1 aromatic heterocycles. The van der Waals surface area contributed by atoms with Gasteiger partial charge in [0.05, 0.1) is 6.07 Å². The molecule has 1 aliphatic heterocycles. The van der Waals surface area contributed by atoms with Crippen LogP contribution in [0.1, 0.15) is 11.8 Å². The summed E-state index contributed by atoms with van der Waals surface area (Å²) in [4.78, 5) is 1.04. The molecule has 2 rings (SSSR count). The number of nitrogens with one attached hydrogen (secondary N) is 1. The second-order valence-electron chi connectivity index (χ2n) is 4.04. The fourth-order valence-corrected chi connectivity index (χ4v) is 4.85. The molecule has 1 aliphatic rings. The van der Waals surface area contributed by atoms with Gasteiger partial charge in [0.1, 0.15) is 10.3 Å². The number of rotatable bonds is 3. The summed E-state index contributed by atoms with van der Waals surface area (Å²) in [6.45, 7) is 3.32. The number of hydrogen-bond acceptors (Lipinski definition) is 5. The zero-order valence-corrected chi connectivity index (χ0v) is 11.7. The van der Waals surface area contributed by atoms with Gasteiger partial charge in [-0.05, 0) is 18.6 Å². The zero-order valence-electron chi connectivity index (χ0n) is 10.1. The third-order valence-corrected chi connectivity index (χ3v) is 6.50. The van der Waals surface area contributed by atoms with Gasteiger partial charge in [-0.1, -0.05) is 6.92 Å². The van der Waals surface area contributed by atoms with Crippen LogP contribution in [0.5, 0.6) is 0 Å². The smallest absolute Gasteiger partial charge is 0.253 e. The SMILES string of the molecule is CCc1ccc(S(=O)(=O)N2CCNCC2C#N)s1. The predicted molar refractivity (Wildman–Crippen MR) is 69.9 cm³/mol. The lowest BCUT2D eigenvalue weighted by Crippen LogP contribution is -2.52. The van der Waals surface area contributed by atoms with Crippen molar-refractivity contribution in [2.75, 3.05) is 19.6 Å². The first-order valence-corrected chi connectivity index (χ1v) is 8.06. The number of nitriles is 1. The molecule has 1 saturated heterocycles. The lowest BCUT2D eigenvalue weighted by atomic mass is 10.3. The Balaban J connectivity index is 2.32. The van der Waals surface area contributed by atoms with E-state index in [1.807, 2.05) is 19.1 Å². The van der Waals surface area contributed by atoms with E-state index in [4.69, 9.17) is 5.26 Å². The van der Waals surface area contributed by atoms with Crippen LogP contribution in [0.4, 0.5) is 0 Å². The highest BCUT2D eigenvalue weighted by molar-refractivity contribution is 7.91. The quantitative estimate of drug-likeness (QED) is 0.891. The first-order valence-electron chi connectivity index (χ1n) is 5.80. The molecule has 1 N–H and O–H groups in total. The van der Waals surface area contributed by atoms with Crippen LogP contribution in [0.25, 0.3) is 0 Å². The van der Waals surface area contributed by atoms with Crippen molar-refractivity contribution in [1.82, 2.24) is 9.62 Å². The first-order chi connectivity index (χ1) is 8.59. The maximum atomic E-state index is 12.4. The van der Waals surface area contributed by atoms with Crippen molar-refractivity contribution in [2.45, 2.75) is 23.6 Å². The number of thiophene rings is 1. The molecule has 0 aromatic carbocycles. The van der Waals surface area contributed by atoms with Crippen LogP contribution in [-0.2, 0) is 16.4 Å². The van der Waals surface area contributed by atoms with E-state index in [-0.39, 0.29) is 0 Å². The lowest BCUT2D eigenvalue weighted by molar-refractivity contribution is 0.312. The highest BCUT2D eigenvalue weighted by Crippen LogP contribution is 2.26. The van der Waals surface area contributed by atoms with Gasteiger partial charge in [-0.3, -0.25) is 0 Å². The summed E-state index contributed by atoms with van der Waals surface area (Å²) in [7, 11) is -3.52. The summed E-state index contributed by atoms with van der Waals surface area (Å²) < 4.78 is 26.5. The molecule has 18 heavy (non-hydrogen) atoms. The van der Waals surface area contributed by atoms with Crippen molar-refractivity contribution < 1.29 is 8.42 Å². The molecular weight excluding hydrogens is 270 g/mol. The van der Waals surface area contributed by atoms with Gasteiger partial charge in [0, 0.05) is 24.5 Å². The highest BCUT2D eigenvalue weighted by atomic mass is 32.2. The molecule has 0 saturated carbocycles. The summed E-state index contributed by atoms with van der Waals surface area (Å²) in [5.41, 5.74) is 0. The molecular formula is C11H15N3O2S2. The lowest BCUT2D eigenvalue weighted by Gasteiger charge is -2.30. The topological polar surface area (TPSA) is 73.2 Å². The minimum Gasteiger partial charge on any atom is -0.313 e. The van der Waals surface area contributed by atoms with Gasteiger partial charge >= 0.3 is 0 Å². The third kappa shape index (κ3) is 2.42. The zero-order chi connectivity index (χ0) is 13.2. The fraction of sp³-hybridized carbons (Fsp3) is 0.545. The minimum atomic E-state index is -3.52. The van der Waals surface area contributed by atoms with E-state index in [0.29, 0.717) is 23.8 Å². The van der Waals surface area contributed by atoms with Crippen molar-refractivity contribution in [3.05, 3.63) is 17.0 Å². The van der Waals surface area contributed by atoms with E-state index in [9.17, 15) is 8.42 Å². The van der Waals surface area contributed by atoms with E-state index in [0.717, 1.165) is 11.3 Å². The molecule has 98 valence electrons. The summed E-state index contributed by atoms with van der Waals surface area (Å²) in [6, 6.07) is 4.89. The Labute approximate surface area is 111 Å². The Bertz CT molecular complexity index is 559. The van der Waals surface area contributed by atoms with Crippen molar-refractivity contribution in [1.29, 1.82) is 5.26 Å². The maximum absolute atomic E-state index is 12.4. The van der Waals surface area contributed by atoms with E-state index < -0.39 is 16.1 Å². The third-order valence-electron chi connectivity index (χ3n) is 2.89. The summed E-state index contributed by atoms with van der Waals surface area (Å²) in [5.74, 6) is 0. The van der Waals surface area contributed by atoms with Crippen LogP contribution in [0.3, 0.4) is 0 Å². The standard InChI is InChI=1S/C11H15N3O2S2/c1-2-10-3-4-11(17-10)18(15,16)14-6-5-13-8-9(14)7-12/h3-4,9,13H,2,5-6,8H2,1H3. The maximum Gasteiger partial charge on any atom is 0.253 e. The number of sulfonamides is 1. The Morgan fingerprint density at radius 3 is 3.00 bits per heavy atom. The summed E-state index contributed by atoms with van der Waals surface area (Å²) in [5, 5.41) is 12.1. The molecule has 0 bridgehead atoms. The van der Waals surface area contributed by atoms with E-state index in [1.54, 1.807) is 6.07 Å². The van der Waals surface area contributed by atoms with Crippen molar-refractivity contribution in [2.24, 2.45) is 0 Å².